The number of phenolic OH excluding ortho intramolecular Hbond substituents is 1. The van der Waals surface area contributed by atoms with E-state index >= 15 is 0 Å². The normalized spacial score (nSPS) is 24.5. The minimum Gasteiger partial charge on any atom is -0.508 e. The lowest BCUT2D eigenvalue weighted by Gasteiger charge is -2.40. The number of hydrogen-bond acceptors (Lipinski definition) is 3. The van der Waals surface area contributed by atoms with Gasteiger partial charge in [0.25, 0.3) is 0 Å². The van der Waals surface area contributed by atoms with Gasteiger partial charge in [-0.05, 0) is 30.5 Å². The molecule has 0 spiro atoms. The van der Waals surface area contributed by atoms with E-state index < -0.39 is 0 Å². The Balaban J connectivity index is 2.02. The predicted molar refractivity (Wildman–Crippen MR) is 79.3 cm³/mol. The van der Waals surface area contributed by atoms with Gasteiger partial charge in [-0.2, -0.15) is 0 Å². The third-order valence-electron chi connectivity index (χ3n) is 4.05. The van der Waals surface area contributed by atoms with Crippen molar-refractivity contribution in [2.45, 2.75) is 51.7 Å². The molecular weight excluding hydrogens is 236 g/mol. The predicted octanol–water partition coefficient (Wildman–Crippen LogP) is 2.74. The largest absolute Gasteiger partial charge is 0.508 e. The molecule has 0 aliphatic carbocycles. The highest BCUT2D eigenvalue weighted by Gasteiger charge is 2.26. The minimum atomic E-state index is 0.348. The molecule has 2 rings (SSSR count). The van der Waals surface area contributed by atoms with Gasteiger partial charge >= 0.3 is 0 Å². The van der Waals surface area contributed by atoms with Crippen LogP contribution in [0, 0.1) is 0 Å². The van der Waals surface area contributed by atoms with Gasteiger partial charge in [0.2, 0.25) is 0 Å². The van der Waals surface area contributed by atoms with Gasteiger partial charge in [0.1, 0.15) is 5.75 Å². The fraction of sp³-hybridized carbons (Fsp3) is 0.625. The minimum absolute atomic E-state index is 0.348. The Bertz CT molecular complexity index is 377. The molecule has 1 aromatic carbocycles. The number of phenols is 1. The Morgan fingerprint density at radius 2 is 2.00 bits per heavy atom. The van der Waals surface area contributed by atoms with Crippen LogP contribution in [0.3, 0.4) is 0 Å². The Morgan fingerprint density at radius 1 is 1.26 bits per heavy atom. The van der Waals surface area contributed by atoms with E-state index in [-0.39, 0.29) is 0 Å². The summed E-state index contributed by atoms with van der Waals surface area (Å²) in [4.78, 5) is 2.60. The van der Waals surface area contributed by atoms with Gasteiger partial charge in [-0.15, -0.1) is 0 Å². The van der Waals surface area contributed by atoms with Crippen molar-refractivity contribution in [2.75, 3.05) is 13.1 Å². The summed E-state index contributed by atoms with van der Waals surface area (Å²) < 4.78 is 0. The van der Waals surface area contributed by atoms with Crippen LogP contribution in [0.4, 0.5) is 0 Å². The highest BCUT2D eigenvalue weighted by molar-refractivity contribution is 5.25. The molecule has 0 bridgehead atoms. The molecule has 3 nitrogen and oxygen atoms in total. The Labute approximate surface area is 116 Å². The van der Waals surface area contributed by atoms with E-state index in [1.54, 1.807) is 12.1 Å². The Kier molecular flexibility index (Phi) is 5.23. The fourth-order valence-corrected chi connectivity index (χ4v) is 2.85. The number of piperazine rings is 1. The van der Waals surface area contributed by atoms with Crippen molar-refractivity contribution < 1.29 is 5.11 Å². The van der Waals surface area contributed by atoms with Gasteiger partial charge in [0.15, 0.2) is 0 Å². The first-order valence-corrected chi connectivity index (χ1v) is 7.48. The standard InChI is InChI=1S/C16H26N2O/c1-3-5-15-10-17-14(4-2)12-18(15)11-13-6-8-16(19)9-7-13/h6-9,14-15,17,19H,3-5,10-12H2,1-2H3. The van der Waals surface area contributed by atoms with Crippen LogP contribution in [-0.2, 0) is 6.54 Å². The van der Waals surface area contributed by atoms with Crippen LogP contribution in [0.1, 0.15) is 38.7 Å². The van der Waals surface area contributed by atoms with Crippen LogP contribution in [0.25, 0.3) is 0 Å². The summed E-state index contributed by atoms with van der Waals surface area (Å²) in [5.41, 5.74) is 1.29. The number of rotatable bonds is 5. The second-order valence-electron chi connectivity index (χ2n) is 5.55. The molecule has 0 saturated carbocycles. The van der Waals surface area contributed by atoms with Crippen LogP contribution >= 0.6 is 0 Å². The average molecular weight is 262 g/mol. The zero-order valence-electron chi connectivity index (χ0n) is 12.1. The van der Waals surface area contributed by atoms with Gasteiger partial charge < -0.3 is 10.4 Å². The van der Waals surface area contributed by atoms with Crippen LogP contribution in [0.5, 0.6) is 5.75 Å². The maximum atomic E-state index is 9.36. The molecular formula is C16H26N2O. The highest BCUT2D eigenvalue weighted by Crippen LogP contribution is 2.18. The molecule has 1 aromatic rings. The topological polar surface area (TPSA) is 35.5 Å². The second kappa shape index (κ2) is 6.92. The molecule has 19 heavy (non-hydrogen) atoms. The van der Waals surface area contributed by atoms with E-state index in [0.717, 1.165) is 19.6 Å². The molecule has 0 amide bonds. The van der Waals surface area contributed by atoms with Crippen LogP contribution in [-0.4, -0.2) is 35.2 Å². The first kappa shape index (κ1) is 14.4. The summed E-state index contributed by atoms with van der Waals surface area (Å²) >= 11 is 0. The van der Waals surface area contributed by atoms with Crippen molar-refractivity contribution in [3.8, 4) is 5.75 Å². The van der Waals surface area contributed by atoms with Gasteiger partial charge in [-0.25, -0.2) is 0 Å². The van der Waals surface area contributed by atoms with Crippen LogP contribution in [0.15, 0.2) is 24.3 Å². The summed E-state index contributed by atoms with van der Waals surface area (Å²) in [6.07, 6.45) is 3.67. The van der Waals surface area contributed by atoms with Crippen molar-refractivity contribution >= 4 is 0 Å². The summed E-state index contributed by atoms with van der Waals surface area (Å²) in [6, 6.07) is 8.88. The smallest absolute Gasteiger partial charge is 0.115 e. The van der Waals surface area contributed by atoms with E-state index in [9.17, 15) is 5.11 Å². The summed E-state index contributed by atoms with van der Waals surface area (Å²) in [5.74, 6) is 0.348. The lowest BCUT2D eigenvalue weighted by Crippen LogP contribution is -2.55. The van der Waals surface area contributed by atoms with Crippen molar-refractivity contribution in [3.63, 3.8) is 0 Å². The SMILES string of the molecule is CCCC1CNC(CC)CN1Cc1ccc(O)cc1. The number of nitrogens with one attached hydrogen (secondary N) is 1. The average Bonchev–Trinajstić information content (AvgIpc) is 2.43. The first-order chi connectivity index (χ1) is 9.22. The maximum absolute atomic E-state index is 9.36. The molecule has 2 N–H and O–H groups in total. The molecule has 3 heteroatoms. The zero-order valence-corrected chi connectivity index (χ0v) is 12.1. The van der Waals surface area contributed by atoms with Crippen molar-refractivity contribution in [1.82, 2.24) is 10.2 Å². The third-order valence-corrected chi connectivity index (χ3v) is 4.05. The number of hydrogen-bond donors (Lipinski definition) is 2. The van der Waals surface area contributed by atoms with E-state index in [1.165, 1.54) is 24.8 Å². The molecule has 0 aromatic heterocycles. The Morgan fingerprint density at radius 3 is 2.63 bits per heavy atom. The van der Waals surface area contributed by atoms with E-state index in [2.05, 4.69) is 24.1 Å². The van der Waals surface area contributed by atoms with E-state index in [4.69, 9.17) is 0 Å². The van der Waals surface area contributed by atoms with Crippen LogP contribution < -0.4 is 5.32 Å². The van der Waals surface area contributed by atoms with Crippen molar-refractivity contribution in [1.29, 1.82) is 0 Å². The maximum Gasteiger partial charge on any atom is 0.115 e. The second-order valence-corrected chi connectivity index (χ2v) is 5.55. The van der Waals surface area contributed by atoms with Crippen molar-refractivity contribution in [3.05, 3.63) is 29.8 Å². The summed E-state index contributed by atoms with van der Waals surface area (Å²) in [6.45, 7) is 7.72. The van der Waals surface area contributed by atoms with Gasteiger partial charge in [0, 0.05) is 31.7 Å². The van der Waals surface area contributed by atoms with Gasteiger partial charge in [0.05, 0.1) is 0 Å². The van der Waals surface area contributed by atoms with E-state index in [0.29, 0.717) is 17.8 Å². The monoisotopic (exact) mass is 262 g/mol. The molecule has 106 valence electrons. The quantitative estimate of drug-likeness (QED) is 0.856. The molecule has 1 fully saturated rings. The van der Waals surface area contributed by atoms with Crippen molar-refractivity contribution in [2.24, 2.45) is 0 Å². The molecule has 1 heterocycles. The number of nitrogens with zero attached hydrogens (tertiary/aromatic N) is 1. The Hall–Kier alpha value is -1.06. The third kappa shape index (κ3) is 3.95. The summed E-state index contributed by atoms with van der Waals surface area (Å²) in [7, 11) is 0. The first-order valence-electron chi connectivity index (χ1n) is 7.48. The van der Waals surface area contributed by atoms with Crippen LogP contribution in [0.2, 0.25) is 0 Å². The van der Waals surface area contributed by atoms with Gasteiger partial charge in [-0.1, -0.05) is 32.4 Å². The molecule has 1 aliphatic rings. The molecule has 1 saturated heterocycles. The summed E-state index contributed by atoms with van der Waals surface area (Å²) in [5, 5.41) is 13.0. The van der Waals surface area contributed by atoms with Gasteiger partial charge in [-0.3, -0.25) is 4.90 Å². The molecule has 1 aliphatic heterocycles. The molecule has 0 radical (unpaired) electrons. The lowest BCUT2D eigenvalue weighted by atomic mass is 10.0. The zero-order chi connectivity index (χ0) is 13.7. The lowest BCUT2D eigenvalue weighted by molar-refractivity contribution is 0.113. The molecule has 2 atom stereocenters. The fourth-order valence-electron chi connectivity index (χ4n) is 2.85. The highest BCUT2D eigenvalue weighted by atomic mass is 16.3. The van der Waals surface area contributed by atoms with E-state index in [1.807, 2.05) is 12.1 Å². The molecule has 2 unspecified atom stereocenters. The number of aromatic hydroxyl groups is 1. The number of benzene rings is 1.